The summed E-state index contributed by atoms with van der Waals surface area (Å²) in [5.41, 5.74) is 3.57. The maximum Gasteiger partial charge on any atom is 0.347 e. The van der Waals surface area contributed by atoms with Crippen molar-refractivity contribution in [3.05, 3.63) is 64.0 Å². The highest BCUT2D eigenvalue weighted by atomic mass is 16.7. The third kappa shape index (κ3) is 6.46. The second-order valence-electron chi connectivity index (χ2n) is 19.9. The van der Waals surface area contributed by atoms with Crippen LogP contribution in [0.5, 0.6) is 23.0 Å². The summed E-state index contributed by atoms with van der Waals surface area (Å²) < 4.78 is 41.6. The number of hydrogen-bond acceptors (Lipinski definition) is 9. The van der Waals surface area contributed by atoms with Gasteiger partial charge in [0.2, 0.25) is 0 Å². The Balaban J connectivity index is 0.000000152. The maximum absolute atomic E-state index is 12.9. The van der Waals surface area contributed by atoms with Crippen molar-refractivity contribution in [3.63, 3.8) is 0 Å². The average molecular weight is 809 g/mol. The van der Waals surface area contributed by atoms with E-state index in [9.17, 15) is 9.90 Å². The van der Waals surface area contributed by atoms with Crippen LogP contribution >= 0.6 is 0 Å². The molecule has 3 aliphatic heterocycles. The molecule has 3 aromatic rings. The monoisotopic (exact) mass is 808 g/mol. The summed E-state index contributed by atoms with van der Waals surface area (Å²) in [7, 11) is 4.68. The molecule has 1 aromatic heterocycles. The van der Waals surface area contributed by atoms with Crippen molar-refractivity contribution in [1.82, 2.24) is 0 Å². The molecule has 4 aliphatic carbocycles. The summed E-state index contributed by atoms with van der Waals surface area (Å²) in [5.74, 6) is 5.87. The summed E-state index contributed by atoms with van der Waals surface area (Å²) in [6.45, 7) is 14.6. The summed E-state index contributed by atoms with van der Waals surface area (Å²) in [6.07, 6.45) is 17.5. The van der Waals surface area contributed by atoms with Gasteiger partial charge in [-0.25, -0.2) is 4.79 Å². The predicted molar refractivity (Wildman–Crippen MR) is 229 cm³/mol. The minimum atomic E-state index is -0.507. The third-order valence-electron chi connectivity index (χ3n) is 16.2. The van der Waals surface area contributed by atoms with Crippen LogP contribution in [0.25, 0.3) is 28.2 Å². The van der Waals surface area contributed by atoms with Crippen molar-refractivity contribution in [3.8, 4) is 34.1 Å². The highest BCUT2D eigenvalue weighted by molar-refractivity contribution is 5.99. The van der Waals surface area contributed by atoms with Gasteiger partial charge >= 0.3 is 5.63 Å². The molecule has 2 aromatic carbocycles. The van der Waals surface area contributed by atoms with Crippen molar-refractivity contribution in [2.24, 2.45) is 46.3 Å². The number of benzene rings is 2. The lowest BCUT2D eigenvalue weighted by atomic mass is 9.48. The first-order valence-corrected chi connectivity index (χ1v) is 22.1. The van der Waals surface area contributed by atoms with Gasteiger partial charge in [0.25, 0.3) is 0 Å². The van der Waals surface area contributed by atoms with E-state index in [0.29, 0.717) is 85.7 Å². The Bertz CT molecular complexity index is 2210. The smallest absolute Gasteiger partial charge is 0.347 e. The fourth-order valence-electron chi connectivity index (χ4n) is 13.1. The number of aliphatic hydroxyl groups excluding tert-OH is 1. The van der Waals surface area contributed by atoms with Crippen molar-refractivity contribution in [1.29, 1.82) is 0 Å². The molecule has 9 nitrogen and oxygen atoms in total. The van der Waals surface area contributed by atoms with E-state index in [1.807, 2.05) is 26.0 Å². The molecule has 0 amide bonds. The zero-order chi connectivity index (χ0) is 41.6. The van der Waals surface area contributed by atoms with E-state index < -0.39 is 11.2 Å². The van der Waals surface area contributed by atoms with E-state index in [1.54, 1.807) is 50.1 Å². The number of aliphatic hydroxyl groups is 1. The van der Waals surface area contributed by atoms with E-state index in [2.05, 4.69) is 33.8 Å². The molecule has 10 rings (SSSR count). The standard InChI is InChI=1S/C27H42O3.C23H22O6/c1-16-7-12-27(29-15-16)17(2)24-23(30-27)14-22-20-6-5-18-13-19(28)8-10-25(18,3)21(20)9-11-26(22,24)4;1-23(2)11-10-15-16(29-23)12-17-19(20(15)26-4)21(27-5)18(22(24)28-17)13-6-8-14(25-3)9-7-13/h9,16-20,22-24,28H,5-8,10-15H2,1-4H3;6-12H,1-5H3. The topological polar surface area (TPSA) is 106 Å². The van der Waals surface area contributed by atoms with E-state index >= 15 is 0 Å². The predicted octanol–water partition coefficient (Wildman–Crippen LogP) is 10.4. The van der Waals surface area contributed by atoms with E-state index in [1.165, 1.54) is 45.6 Å². The number of allylic oxidation sites excluding steroid dienone is 2. The van der Waals surface area contributed by atoms with Crippen molar-refractivity contribution in [2.45, 2.75) is 123 Å². The van der Waals surface area contributed by atoms with Crippen LogP contribution in [0.15, 0.2) is 57.3 Å². The van der Waals surface area contributed by atoms with Crippen LogP contribution in [0.2, 0.25) is 0 Å². The van der Waals surface area contributed by atoms with E-state index in [4.69, 9.17) is 32.8 Å². The largest absolute Gasteiger partial charge is 0.497 e. The van der Waals surface area contributed by atoms with Gasteiger partial charge in [0.15, 0.2) is 5.79 Å². The van der Waals surface area contributed by atoms with Gasteiger partial charge in [0.05, 0.1) is 45.7 Å². The molecule has 0 radical (unpaired) electrons. The fourth-order valence-corrected chi connectivity index (χ4v) is 13.1. The first kappa shape index (κ1) is 40.6. The van der Waals surface area contributed by atoms with Crippen LogP contribution in [0.4, 0.5) is 0 Å². The minimum Gasteiger partial charge on any atom is -0.497 e. The lowest BCUT2D eigenvalue weighted by Crippen LogP contribution is -2.50. The van der Waals surface area contributed by atoms with Crippen LogP contribution in [-0.2, 0) is 9.47 Å². The van der Waals surface area contributed by atoms with Gasteiger partial charge in [0.1, 0.15) is 45.1 Å². The van der Waals surface area contributed by atoms with Gasteiger partial charge in [-0.2, -0.15) is 0 Å². The van der Waals surface area contributed by atoms with Crippen LogP contribution in [0.1, 0.15) is 105 Å². The van der Waals surface area contributed by atoms with Crippen LogP contribution in [0, 0.1) is 46.3 Å². The van der Waals surface area contributed by atoms with Gasteiger partial charge in [-0.3, -0.25) is 0 Å². The Morgan fingerprint density at radius 2 is 1.64 bits per heavy atom. The number of ether oxygens (including phenoxy) is 6. The molecule has 9 heteroatoms. The Kier molecular flexibility index (Phi) is 10.1. The lowest BCUT2D eigenvalue weighted by molar-refractivity contribution is -0.272. The molecule has 1 N–H and O–H groups in total. The number of hydrogen-bond donors (Lipinski definition) is 1. The van der Waals surface area contributed by atoms with Gasteiger partial charge in [0, 0.05) is 18.4 Å². The molecule has 5 fully saturated rings. The summed E-state index contributed by atoms with van der Waals surface area (Å²) >= 11 is 0. The molecule has 4 heterocycles. The quantitative estimate of drug-likeness (QED) is 0.204. The molecule has 2 saturated heterocycles. The molecular weight excluding hydrogens is 745 g/mol. The Hall–Kier alpha value is -3.79. The number of rotatable bonds is 4. The molecule has 11 atom stereocenters. The molecule has 318 valence electrons. The normalized spacial score (nSPS) is 37.4. The third-order valence-corrected chi connectivity index (χ3v) is 16.2. The van der Waals surface area contributed by atoms with Gasteiger partial charge in [-0.15, -0.1) is 0 Å². The van der Waals surface area contributed by atoms with Crippen molar-refractivity contribution < 1.29 is 37.9 Å². The Morgan fingerprint density at radius 3 is 2.34 bits per heavy atom. The SMILES string of the molecule is CC1CCC2(OC1)OC1CC3C4CCC5CC(O)CCC5(C)C4=CCC3(C)C1C2C.COc1ccc(-c2c(OC)c3c(OC)c4c(cc3oc2=O)OC(C)(C)C=C4)cc1. The second kappa shape index (κ2) is 14.7. The molecular formula is C50H64O9. The van der Waals surface area contributed by atoms with Crippen LogP contribution < -0.4 is 24.6 Å². The first-order valence-electron chi connectivity index (χ1n) is 22.1. The zero-order valence-corrected chi connectivity index (χ0v) is 36.5. The summed E-state index contributed by atoms with van der Waals surface area (Å²) in [4.78, 5) is 12.9. The van der Waals surface area contributed by atoms with Crippen molar-refractivity contribution >= 4 is 17.0 Å². The highest BCUT2D eigenvalue weighted by Gasteiger charge is 2.68. The minimum absolute atomic E-state index is 0.0661. The maximum atomic E-state index is 12.9. The van der Waals surface area contributed by atoms with Gasteiger partial charge in [-0.1, -0.05) is 51.5 Å². The molecule has 1 spiro atoms. The van der Waals surface area contributed by atoms with Crippen LogP contribution in [0.3, 0.4) is 0 Å². The number of fused-ring (bicyclic) bond motifs is 9. The average Bonchev–Trinajstić information content (AvgIpc) is 3.66. The summed E-state index contributed by atoms with van der Waals surface area (Å²) in [5, 5.41) is 10.9. The Morgan fingerprint density at radius 1 is 0.881 bits per heavy atom. The molecule has 7 aliphatic rings. The summed E-state index contributed by atoms with van der Waals surface area (Å²) in [6, 6.07) is 8.84. The van der Waals surface area contributed by atoms with Crippen LogP contribution in [-0.4, -0.2) is 56.6 Å². The second-order valence-corrected chi connectivity index (χ2v) is 19.9. The molecule has 11 unspecified atom stereocenters. The van der Waals surface area contributed by atoms with Gasteiger partial charge < -0.3 is 37.9 Å². The number of methoxy groups -OCH3 is 3. The zero-order valence-electron chi connectivity index (χ0n) is 36.5. The van der Waals surface area contributed by atoms with Gasteiger partial charge in [-0.05, 0) is 135 Å². The molecule has 0 bridgehead atoms. The molecule has 59 heavy (non-hydrogen) atoms. The van der Waals surface area contributed by atoms with E-state index in [-0.39, 0.29) is 11.9 Å². The van der Waals surface area contributed by atoms with E-state index in [0.717, 1.165) is 43.3 Å². The van der Waals surface area contributed by atoms with Crippen molar-refractivity contribution in [2.75, 3.05) is 27.9 Å². The highest BCUT2D eigenvalue weighted by Crippen LogP contribution is 2.70. The molecule has 3 saturated carbocycles. The fraction of sp³-hybridized carbons (Fsp3) is 0.620. The first-order chi connectivity index (χ1) is 28.1. The lowest BCUT2D eigenvalue weighted by Gasteiger charge is -2.57. The Labute approximate surface area is 349 Å².